The summed E-state index contributed by atoms with van der Waals surface area (Å²) in [6, 6.07) is 6.71. The summed E-state index contributed by atoms with van der Waals surface area (Å²) in [6.45, 7) is 2.62. The molecule has 0 spiro atoms. The van der Waals surface area contributed by atoms with Gasteiger partial charge in [-0.15, -0.1) is 5.10 Å². The molecular weight excluding hydrogens is 426 g/mol. The molecule has 0 bridgehead atoms. The fraction of sp³-hybridized carbons (Fsp3) is 0.294. The largest absolute Gasteiger partial charge is 0.384 e. The van der Waals surface area contributed by atoms with E-state index in [4.69, 9.17) is 22.4 Å². The molecule has 0 amide bonds. The van der Waals surface area contributed by atoms with Gasteiger partial charge in [-0.2, -0.15) is 0 Å². The van der Waals surface area contributed by atoms with Crippen molar-refractivity contribution in [1.82, 2.24) is 20.6 Å². The minimum absolute atomic E-state index is 0.129. The number of amidine groups is 1. The lowest BCUT2D eigenvalue weighted by molar-refractivity contribution is 0.577. The molecule has 0 aliphatic carbocycles. The molecule has 11 N–H and O–H groups in total. The van der Waals surface area contributed by atoms with Crippen LogP contribution in [0.5, 0.6) is 0 Å². The maximum Gasteiger partial charge on any atom is 0.239 e. The van der Waals surface area contributed by atoms with Crippen molar-refractivity contribution in [3.63, 3.8) is 0 Å². The van der Waals surface area contributed by atoms with Crippen LogP contribution < -0.4 is 38.0 Å². The Morgan fingerprint density at radius 1 is 1.33 bits per heavy atom. The van der Waals surface area contributed by atoms with Gasteiger partial charge in [0.15, 0.2) is 5.84 Å². The molecule has 30 heavy (non-hydrogen) atoms. The molecule has 1 aromatic heterocycles. The number of benzene rings is 1. The van der Waals surface area contributed by atoms with Crippen molar-refractivity contribution < 1.29 is 8.42 Å². The van der Waals surface area contributed by atoms with E-state index in [1.54, 1.807) is 24.3 Å². The first-order valence-corrected chi connectivity index (χ1v) is 11.5. The number of anilines is 1. The summed E-state index contributed by atoms with van der Waals surface area (Å²) in [5.41, 5.74) is 15.0. The standard InChI is InChI=1S/C17H25N9O2S2/c18-14-4-1-11(9-23-14)12-2-3-13(29-24-8-10-5-6-22-7-10)16(30(21,27)28)15(12)17(19)25-26-20/h1-4,9-10,22,24,26H,5-8,20H2,(H2,18,23)(H2,19,25)(H2,21,27,28). The van der Waals surface area contributed by atoms with E-state index in [9.17, 15) is 8.42 Å². The SMILES string of the molecule is NN/N=C(\N)c1c(-c2ccc(N)nc2)ccc(SNCC2CCNC2)c1S(N)(=O)=O. The molecule has 2 heterocycles. The number of sulfonamides is 1. The molecule has 1 aliphatic heterocycles. The molecule has 3 rings (SSSR count). The number of hydrazine groups is 1. The summed E-state index contributed by atoms with van der Waals surface area (Å²) in [7, 11) is -4.16. The summed E-state index contributed by atoms with van der Waals surface area (Å²) in [5.74, 6) is 5.95. The van der Waals surface area contributed by atoms with Gasteiger partial charge in [-0.25, -0.2) is 29.9 Å². The minimum atomic E-state index is -4.16. The molecule has 1 unspecified atom stereocenters. The number of hydrogen-bond acceptors (Lipinski definition) is 10. The van der Waals surface area contributed by atoms with Crippen LogP contribution in [0.15, 0.2) is 45.4 Å². The van der Waals surface area contributed by atoms with Crippen molar-refractivity contribution in [2.75, 3.05) is 25.4 Å². The molecule has 2 aromatic rings. The zero-order valence-corrected chi connectivity index (χ0v) is 17.8. The highest BCUT2D eigenvalue weighted by Gasteiger charge is 2.26. The van der Waals surface area contributed by atoms with Gasteiger partial charge in [-0.3, -0.25) is 4.72 Å². The number of nitrogen functional groups attached to an aromatic ring is 1. The lowest BCUT2D eigenvalue weighted by atomic mass is 10.0. The number of nitrogens with two attached hydrogens (primary N) is 4. The molecule has 1 fully saturated rings. The van der Waals surface area contributed by atoms with Gasteiger partial charge >= 0.3 is 0 Å². The van der Waals surface area contributed by atoms with E-state index in [0.717, 1.165) is 19.5 Å². The van der Waals surface area contributed by atoms with Crippen LogP contribution in [0, 0.1) is 5.92 Å². The first kappa shape index (κ1) is 22.3. The highest BCUT2D eigenvalue weighted by atomic mass is 32.2. The van der Waals surface area contributed by atoms with Gasteiger partial charge < -0.3 is 16.8 Å². The number of hydrogen-bond donors (Lipinski definition) is 7. The van der Waals surface area contributed by atoms with Gasteiger partial charge in [0.1, 0.15) is 10.7 Å². The zero-order chi connectivity index (χ0) is 21.7. The molecule has 0 radical (unpaired) electrons. The van der Waals surface area contributed by atoms with Gasteiger partial charge in [0.2, 0.25) is 10.0 Å². The molecular formula is C17H25N9O2S2. The summed E-state index contributed by atoms with van der Waals surface area (Å²) >= 11 is 1.18. The van der Waals surface area contributed by atoms with Crippen molar-refractivity contribution >= 4 is 33.6 Å². The second-order valence-electron chi connectivity index (χ2n) is 6.77. The van der Waals surface area contributed by atoms with E-state index >= 15 is 0 Å². The fourth-order valence-electron chi connectivity index (χ4n) is 3.24. The number of nitrogens with zero attached hydrogens (tertiary/aromatic N) is 2. The van der Waals surface area contributed by atoms with Crippen molar-refractivity contribution in [2.45, 2.75) is 16.2 Å². The van der Waals surface area contributed by atoms with Gasteiger partial charge in [-0.1, -0.05) is 6.07 Å². The van der Waals surface area contributed by atoms with Crippen LogP contribution in [0.2, 0.25) is 0 Å². The van der Waals surface area contributed by atoms with Crippen LogP contribution >= 0.6 is 11.9 Å². The number of pyridine rings is 1. The maximum absolute atomic E-state index is 12.6. The van der Waals surface area contributed by atoms with Gasteiger partial charge in [0.05, 0.1) is 0 Å². The first-order chi connectivity index (χ1) is 14.3. The van der Waals surface area contributed by atoms with Gasteiger partial charge in [0, 0.05) is 28.8 Å². The molecule has 162 valence electrons. The number of nitrogens with one attached hydrogen (secondary N) is 3. The number of aromatic nitrogens is 1. The highest BCUT2D eigenvalue weighted by Crippen LogP contribution is 2.35. The summed E-state index contributed by atoms with van der Waals surface area (Å²) in [4.78, 5) is 4.32. The summed E-state index contributed by atoms with van der Waals surface area (Å²) in [6.07, 6.45) is 2.58. The van der Waals surface area contributed by atoms with Crippen LogP contribution in [0.4, 0.5) is 5.82 Å². The van der Waals surface area contributed by atoms with Crippen LogP contribution in [0.25, 0.3) is 11.1 Å². The number of primary sulfonamides is 1. The first-order valence-electron chi connectivity index (χ1n) is 9.12. The minimum Gasteiger partial charge on any atom is -0.384 e. The molecule has 1 saturated heterocycles. The highest BCUT2D eigenvalue weighted by molar-refractivity contribution is 7.98. The molecule has 11 nitrogen and oxygen atoms in total. The van der Waals surface area contributed by atoms with Crippen LogP contribution in [-0.4, -0.2) is 38.9 Å². The molecule has 1 aliphatic rings. The Morgan fingerprint density at radius 2 is 2.13 bits per heavy atom. The Bertz CT molecular complexity index is 1020. The molecule has 1 aromatic carbocycles. The quantitative estimate of drug-likeness (QED) is 0.0882. The van der Waals surface area contributed by atoms with Crippen LogP contribution in [0.1, 0.15) is 12.0 Å². The second-order valence-corrected chi connectivity index (χ2v) is 9.20. The lowest BCUT2D eigenvalue weighted by Crippen LogP contribution is -2.27. The Balaban J connectivity index is 2.08. The maximum atomic E-state index is 12.6. The smallest absolute Gasteiger partial charge is 0.239 e. The molecule has 1 atom stereocenters. The zero-order valence-electron chi connectivity index (χ0n) is 16.1. The number of rotatable bonds is 8. The van der Waals surface area contributed by atoms with Crippen LogP contribution in [-0.2, 0) is 10.0 Å². The van der Waals surface area contributed by atoms with E-state index in [0.29, 0.717) is 34.3 Å². The normalized spacial score (nSPS) is 17.3. The average Bonchev–Trinajstić information content (AvgIpc) is 3.21. The van der Waals surface area contributed by atoms with Crippen molar-refractivity contribution in [2.24, 2.45) is 27.7 Å². The molecule has 13 heteroatoms. The van der Waals surface area contributed by atoms with Crippen LogP contribution in [0.3, 0.4) is 0 Å². The third-order valence-electron chi connectivity index (χ3n) is 4.66. The van der Waals surface area contributed by atoms with Crippen molar-refractivity contribution in [3.05, 3.63) is 36.0 Å². The van der Waals surface area contributed by atoms with E-state index in [1.165, 1.54) is 18.1 Å². The Kier molecular flexibility index (Phi) is 7.12. The Hall–Kier alpha value is -2.42. The van der Waals surface area contributed by atoms with Crippen molar-refractivity contribution in [1.29, 1.82) is 0 Å². The predicted molar refractivity (Wildman–Crippen MR) is 118 cm³/mol. The summed E-state index contributed by atoms with van der Waals surface area (Å²) in [5, 5.41) is 12.7. The third kappa shape index (κ3) is 5.19. The average molecular weight is 452 g/mol. The second kappa shape index (κ2) is 9.59. The van der Waals surface area contributed by atoms with E-state index in [2.05, 4.69) is 25.7 Å². The van der Waals surface area contributed by atoms with E-state index in [-0.39, 0.29) is 16.3 Å². The topological polar surface area (TPSA) is 200 Å². The van der Waals surface area contributed by atoms with Gasteiger partial charge in [-0.05, 0) is 61.1 Å². The Labute approximate surface area is 179 Å². The van der Waals surface area contributed by atoms with E-state index in [1.807, 2.05) is 0 Å². The summed E-state index contributed by atoms with van der Waals surface area (Å²) < 4.78 is 28.4. The number of hydrazone groups is 1. The Morgan fingerprint density at radius 3 is 2.73 bits per heavy atom. The van der Waals surface area contributed by atoms with E-state index < -0.39 is 10.0 Å². The predicted octanol–water partition coefficient (Wildman–Crippen LogP) is -0.732. The lowest BCUT2D eigenvalue weighted by Gasteiger charge is -2.18. The molecule has 0 saturated carbocycles. The third-order valence-corrected chi connectivity index (χ3v) is 6.65. The monoisotopic (exact) mass is 451 g/mol. The van der Waals surface area contributed by atoms with Gasteiger partial charge in [0.25, 0.3) is 0 Å². The van der Waals surface area contributed by atoms with Crippen molar-refractivity contribution in [3.8, 4) is 11.1 Å². The fourth-order valence-corrected chi connectivity index (χ4v) is 5.36.